The Morgan fingerprint density at radius 1 is 1.20 bits per heavy atom. The zero-order valence-electron chi connectivity index (χ0n) is 23.4. The second-order valence-electron chi connectivity index (χ2n) is 12.0. The topological polar surface area (TPSA) is 113 Å². The van der Waals surface area contributed by atoms with Crippen LogP contribution < -0.4 is 20.5 Å². The van der Waals surface area contributed by atoms with Crippen LogP contribution in [0.1, 0.15) is 37.6 Å². The summed E-state index contributed by atoms with van der Waals surface area (Å²) >= 11 is 8.21. The van der Waals surface area contributed by atoms with Gasteiger partial charge in [0.1, 0.15) is 12.4 Å². The molecule has 0 radical (unpaired) electrons. The number of nitrogens with one attached hydrogen (secondary N) is 1. The van der Waals surface area contributed by atoms with E-state index in [1.807, 2.05) is 24.3 Å². The number of pyridine rings is 1. The van der Waals surface area contributed by atoms with Gasteiger partial charge in [-0.05, 0) is 35.6 Å². The molecule has 0 bridgehead atoms. The van der Waals surface area contributed by atoms with E-state index in [0.29, 0.717) is 43.4 Å². The summed E-state index contributed by atoms with van der Waals surface area (Å²) in [5.74, 6) is 0.709. The van der Waals surface area contributed by atoms with E-state index >= 15 is 0 Å². The molecule has 9 nitrogen and oxygen atoms in total. The minimum atomic E-state index is -0.709. The summed E-state index contributed by atoms with van der Waals surface area (Å²) in [4.78, 5) is 20.8. The van der Waals surface area contributed by atoms with Crippen molar-refractivity contribution in [3.8, 4) is 16.9 Å². The lowest BCUT2D eigenvalue weighted by Crippen LogP contribution is -2.47. The van der Waals surface area contributed by atoms with Gasteiger partial charge in [0.25, 0.3) is 5.56 Å². The molecule has 6 rings (SSSR count). The van der Waals surface area contributed by atoms with E-state index in [4.69, 9.17) is 16.3 Å². The summed E-state index contributed by atoms with van der Waals surface area (Å²) in [7, 11) is 0. The first kappa shape index (κ1) is 28.1. The van der Waals surface area contributed by atoms with Crippen LogP contribution in [0.5, 0.6) is 5.75 Å². The van der Waals surface area contributed by atoms with E-state index in [2.05, 4.69) is 41.1 Å². The Morgan fingerprint density at radius 2 is 2.00 bits per heavy atom. The van der Waals surface area contributed by atoms with Crippen LogP contribution in [-0.4, -0.2) is 69.5 Å². The molecule has 0 saturated carbocycles. The highest BCUT2D eigenvalue weighted by molar-refractivity contribution is 7.19. The molecule has 2 aliphatic heterocycles. The molecule has 5 heterocycles. The summed E-state index contributed by atoms with van der Waals surface area (Å²) in [6, 6.07) is 9.53. The van der Waals surface area contributed by atoms with Crippen LogP contribution in [0.3, 0.4) is 0 Å². The molecular weight excluding hydrogens is 562 g/mol. The molecule has 0 aliphatic carbocycles. The average molecular weight is 596 g/mol. The molecule has 0 amide bonds. The van der Waals surface area contributed by atoms with Gasteiger partial charge >= 0.3 is 0 Å². The summed E-state index contributed by atoms with van der Waals surface area (Å²) < 4.78 is 8.57. The monoisotopic (exact) mass is 595 g/mol. The quantitative estimate of drug-likeness (QED) is 0.309. The lowest BCUT2D eigenvalue weighted by Gasteiger charge is -2.38. The number of aliphatic hydroxyl groups excluding tert-OH is 2. The molecule has 3 aromatic heterocycles. The first-order chi connectivity index (χ1) is 19.6. The summed E-state index contributed by atoms with van der Waals surface area (Å²) in [6.45, 7) is 8.09. The van der Waals surface area contributed by atoms with Crippen molar-refractivity contribution in [2.24, 2.45) is 0 Å². The van der Waals surface area contributed by atoms with Gasteiger partial charge in [0, 0.05) is 51.9 Å². The van der Waals surface area contributed by atoms with Crippen LogP contribution in [0.15, 0.2) is 47.5 Å². The highest BCUT2D eigenvalue weighted by Gasteiger charge is 2.42. The van der Waals surface area contributed by atoms with Gasteiger partial charge in [0.2, 0.25) is 0 Å². The predicted octanol–water partition coefficient (Wildman–Crippen LogP) is 3.80. The lowest BCUT2D eigenvalue weighted by molar-refractivity contribution is 0.105. The minimum Gasteiger partial charge on any atom is -0.489 e. The van der Waals surface area contributed by atoms with Crippen LogP contribution in [0.4, 0.5) is 5.69 Å². The molecule has 216 valence electrons. The Balaban J connectivity index is 1.40. The van der Waals surface area contributed by atoms with E-state index < -0.39 is 5.54 Å². The highest BCUT2D eigenvalue weighted by atomic mass is 35.5. The smallest absolute Gasteiger partial charge is 0.267 e. The number of halogens is 1. The van der Waals surface area contributed by atoms with E-state index in [1.165, 1.54) is 4.68 Å². The number of nitrogens with zero attached hydrogens (tertiary/aromatic N) is 4. The van der Waals surface area contributed by atoms with Gasteiger partial charge in [-0.15, -0.1) is 11.3 Å². The van der Waals surface area contributed by atoms with Gasteiger partial charge in [-0.25, -0.2) is 4.68 Å². The number of benzene rings is 1. The first-order valence-electron chi connectivity index (χ1n) is 13.8. The number of rotatable bonds is 6. The van der Waals surface area contributed by atoms with E-state index in [9.17, 15) is 15.0 Å². The molecule has 0 spiro atoms. The Bertz CT molecular complexity index is 1660. The van der Waals surface area contributed by atoms with E-state index in [1.54, 1.807) is 29.8 Å². The third-order valence-corrected chi connectivity index (χ3v) is 9.46. The molecular formula is C30H34ClN5O4S. The summed E-state index contributed by atoms with van der Waals surface area (Å²) in [5, 5.41) is 28.3. The van der Waals surface area contributed by atoms with Gasteiger partial charge in [0.15, 0.2) is 0 Å². The van der Waals surface area contributed by atoms with Crippen LogP contribution in [0.2, 0.25) is 5.02 Å². The Hall–Kier alpha value is -3.02. The molecule has 1 fully saturated rings. The SMILES string of the molecule is CC(C)(C)c1cnn(Cc2cc3nccc(-c4cc(Cl)cc5c4N([C@H]4CNC(CO)(CO)C4)CCO5)c3s2)c(=O)c1. The van der Waals surface area contributed by atoms with Crippen LogP contribution in [0, 0.1) is 0 Å². The fraction of sp³-hybridized carbons (Fsp3) is 0.433. The van der Waals surface area contributed by atoms with Crippen molar-refractivity contribution in [2.75, 3.05) is 37.8 Å². The Morgan fingerprint density at radius 3 is 2.71 bits per heavy atom. The minimum absolute atomic E-state index is 0.0575. The van der Waals surface area contributed by atoms with Crippen LogP contribution in [-0.2, 0) is 12.0 Å². The summed E-state index contributed by atoms with van der Waals surface area (Å²) in [6.07, 6.45) is 4.16. The second kappa shape index (κ2) is 10.7. The number of ether oxygens (including phenoxy) is 1. The number of hydrogen-bond donors (Lipinski definition) is 3. The molecule has 41 heavy (non-hydrogen) atoms. The van der Waals surface area contributed by atoms with Gasteiger partial charge in [-0.3, -0.25) is 9.78 Å². The summed E-state index contributed by atoms with van der Waals surface area (Å²) in [5.41, 5.74) is 3.60. The third kappa shape index (κ3) is 5.23. The van der Waals surface area contributed by atoms with Crippen LogP contribution in [0.25, 0.3) is 21.3 Å². The largest absolute Gasteiger partial charge is 0.489 e. The molecule has 3 N–H and O–H groups in total. The van der Waals surface area contributed by atoms with Crippen molar-refractivity contribution in [3.05, 3.63) is 68.5 Å². The molecule has 1 aromatic carbocycles. The van der Waals surface area contributed by atoms with E-state index in [-0.39, 0.29) is 30.2 Å². The first-order valence-corrected chi connectivity index (χ1v) is 15.0. The van der Waals surface area contributed by atoms with Gasteiger partial charge in [-0.1, -0.05) is 32.4 Å². The molecule has 1 atom stereocenters. The maximum Gasteiger partial charge on any atom is 0.267 e. The maximum atomic E-state index is 12.9. The van der Waals surface area contributed by atoms with Crippen molar-refractivity contribution in [1.29, 1.82) is 0 Å². The zero-order valence-corrected chi connectivity index (χ0v) is 24.9. The highest BCUT2D eigenvalue weighted by Crippen LogP contribution is 2.47. The molecule has 1 saturated heterocycles. The van der Waals surface area contributed by atoms with Crippen molar-refractivity contribution in [1.82, 2.24) is 20.1 Å². The lowest BCUT2D eigenvalue weighted by atomic mass is 9.89. The molecule has 0 unspecified atom stereocenters. The Labute approximate surface area is 247 Å². The van der Waals surface area contributed by atoms with Crippen molar-refractivity contribution < 1.29 is 14.9 Å². The third-order valence-electron chi connectivity index (χ3n) is 8.10. The Kier molecular flexibility index (Phi) is 7.32. The number of aliphatic hydroxyl groups is 2. The van der Waals surface area contributed by atoms with Crippen molar-refractivity contribution in [3.63, 3.8) is 0 Å². The fourth-order valence-corrected chi connectivity index (χ4v) is 7.08. The normalized spacial score (nSPS) is 18.5. The van der Waals surface area contributed by atoms with Crippen LogP contribution >= 0.6 is 22.9 Å². The van der Waals surface area contributed by atoms with Gasteiger partial charge in [0.05, 0.1) is 53.9 Å². The molecule has 2 aliphatic rings. The average Bonchev–Trinajstić information content (AvgIpc) is 3.57. The number of thiophene rings is 1. The molecule has 4 aromatic rings. The standard InChI is InChI=1S/C30H34ClN5O4S/c1-29(2,3)18-8-26(39)36(34-13-18)15-21-11-24-28(41-21)22(4-5-32-24)23-9-19(31)10-25-27(23)35(6-7-40-25)20-12-30(16-37,17-38)33-14-20/h4-5,8-11,13,20,33,37-38H,6-7,12,14-17H2,1-3H3/t20-/m1/s1. The number of anilines is 1. The maximum absolute atomic E-state index is 12.9. The van der Waals surface area contributed by atoms with Gasteiger partial charge in [-0.2, -0.15) is 5.10 Å². The predicted molar refractivity (Wildman–Crippen MR) is 163 cm³/mol. The second-order valence-corrected chi connectivity index (χ2v) is 13.5. The van der Waals surface area contributed by atoms with Crippen molar-refractivity contribution in [2.45, 2.75) is 50.7 Å². The number of aromatic nitrogens is 3. The fourth-order valence-electron chi connectivity index (χ4n) is 5.75. The molecule has 11 heteroatoms. The van der Waals surface area contributed by atoms with Gasteiger partial charge < -0.3 is 25.2 Å². The number of hydrogen-bond acceptors (Lipinski definition) is 9. The number of fused-ring (bicyclic) bond motifs is 2. The van der Waals surface area contributed by atoms with E-state index in [0.717, 1.165) is 37.5 Å². The van der Waals surface area contributed by atoms with Crippen molar-refractivity contribution >= 4 is 38.8 Å². The zero-order chi connectivity index (χ0) is 28.9.